The number of benzene rings is 3. The lowest BCUT2D eigenvalue weighted by Crippen LogP contribution is -2.11. The highest BCUT2D eigenvalue weighted by molar-refractivity contribution is 6.09. The molecule has 0 aliphatic heterocycles. The number of aromatic nitrogens is 5. The summed E-state index contributed by atoms with van der Waals surface area (Å²) in [6.07, 6.45) is -3.92. The van der Waals surface area contributed by atoms with Crippen LogP contribution in [0.5, 0.6) is 0 Å². The summed E-state index contributed by atoms with van der Waals surface area (Å²) in [5.74, 6) is 0.313. The van der Waals surface area contributed by atoms with Crippen molar-refractivity contribution < 1.29 is 13.2 Å². The lowest BCUT2D eigenvalue weighted by Gasteiger charge is -2.12. The first-order valence-corrected chi connectivity index (χ1v) is 10.2. The maximum atomic E-state index is 13.4. The van der Waals surface area contributed by atoms with Crippen molar-refractivity contribution in [3.05, 3.63) is 90.8 Å². The van der Waals surface area contributed by atoms with Gasteiger partial charge in [-0.1, -0.05) is 66.7 Å². The number of alkyl halides is 3. The average molecular weight is 441 g/mol. The molecule has 0 saturated carbocycles. The van der Waals surface area contributed by atoms with E-state index in [2.05, 4.69) is 15.0 Å². The molecule has 3 aromatic carbocycles. The van der Waals surface area contributed by atoms with E-state index in [9.17, 15) is 13.2 Å². The van der Waals surface area contributed by atoms with E-state index < -0.39 is 11.9 Å². The van der Waals surface area contributed by atoms with Crippen molar-refractivity contribution >= 4 is 33.0 Å². The zero-order valence-corrected chi connectivity index (χ0v) is 17.0. The Labute approximate surface area is 185 Å². The number of halogens is 3. The van der Waals surface area contributed by atoms with Crippen LogP contribution in [0, 0.1) is 0 Å². The van der Waals surface area contributed by atoms with E-state index >= 15 is 0 Å². The molecular weight excluding hydrogens is 427 g/mol. The van der Waals surface area contributed by atoms with Crippen LogP contribution in [0.15, 0.2) is 85.1 Å². The molecule has 0 fully saturated rings. The van der Waals surface area contributed by atoms with Gasteiger partial charge in [-0.25, -0.2) is 15.0 Å². The number of para-hydroxylation sites is 2. The summed E-state index contributed by atoms with van der Waals surface area (Å²) in [7, 11) is 0. The minimum atomic E-state index is -4.62. The summed E-state index contributed by atoms with van der Waals surface area (Å²) >= 11 is 0. The van der Waals surface area contributed by atoms with Crippen LogP contribution in [0.4, 0.5) is 13.2 Å². The third-order valence-electron chi connectivity index (χ3n) is 5.51. The molecule has 5 nitrogen and oxygen atoms in total. The van der Waals surface area contributed by atoms with Gasteiger partial charge in [0.25, 0.3) is 0 Å². The molecule has 0 bridgehead atoms. The maximum Gasteiger partial charge on any atom is 0.434 e. The van der Waals surface area contributed by atoms with Crippen molar-refractivity contribution in [3.8, 4) is 17.2 Å². The SMILES string of the molecule is FC(F)(F)c1cnc2nc(-n3c4ccccc4c4ccccc43)nc(-c3ccccc3)c2n1. The number of nitrogens with zero attached hydrogens (tertiary/aromatic N) is 5. The standard InChI is InChI=1S/C25H14F3N5/c26-25(27,28)20-14-29-23-22(30-20)21(15-8-2-1-3-9-15)31-24(32-23)33-18-12-6-4-10-16(18)17-11-5-7-13-19(17)33/h1-14H. The largest absolute Gasteiger partial charge is 0.434 e. The van der Waals surface area contributed by atoms with Crippen molar-refractivity contribution in [1.82, 2.24) is 24.5 Å². The first-order valence-electron chi connectivity index (χ1n) is 10.2. The quantitative estimate of drug-likeness (QED) is 0.321. The van der Waals surface area contributed by atoms with Crippen LogP contribution < -0.4 is 0 Å². The van der Waals surface area contributed by atoms with Crippen LogP contribution in [-0.4, -0.2) is 24.5 Å². The Balaban J connectivity index is 1.72. The van der Waals surface area contributed by atoms with Gasteiger partial charge in [-0.15, -0.1) is 0 Å². The van der Waals surface area contributed by atoms with Crippen LogP contribution in [0.1, 0.15) is 5.69 Å². The monoisotopic (exact) mass is 441 g/mol. The number of hydrogen-bond donors (Lipinski definition) is 0. The van der Waals surface area contributed by atoms with E-state index in [0.717, 1.165) is 21.8 Å². The molecule has 6 rings (SSSR count). The predicted molar refractivity (Wildman–Crippen MR) is 120 cm³/mol. The summed E-state index contributed by atoms with van der Waals surface area (Å²) in [6.45, 7) is 0. The Morgan fingerprint density at radius 1 is 0.667 bits per heavy atom. The molecule has 160 valence electrons. The van der Waals surface area contributed by atoms with Crippen molar-refractivity contribution in [1.29, 1.82) is 0 Å². The molecule has 0 unspecified atom stereocenters. The van der Waals surface area contributed by atoms with Crippen molar-refractivity contribution in [3.63, 3.8) is 0 Å². The van der Waals surface area contributed by atoms with Crippen LogP contribution in [0.3, 0.4) is 0 Å². The summed E-state index contributed by atoms with van der Waals surface area (Å²) < 4.78 is 42.0. The molecule has 6 aromatic rings. The van der Waals surface area contributed by atoms with Gasteiger partial charge in [0.05, 0.1) is 17.2 Å². The highest BCUT2D eigenvalue weighted by Gasteiger charge is 2.34. The smallest absolute Gasteiger partial charge is 0.278 e. The summed E-state index contributed by atoms with van der Waals surface area (Å²) in [5.41, 5.74) is 1.69. The second-order valence-electron chi connectivity index (χ2n) is 7.53. The van der Waals surface area contributed by atoms with Gasteiger partial charge in [-0.05, 0) is 12.1 Å². The normalized spacial score (nSPS) is 12.1. The summed E-state index contributed by atoms with van der Waals surface area (Å²) in [5, 5.41) is 2.05. The molecule has 0 saturated heterocycles. The van der Waals surface area contributed by atoms with Crippen molar-refractivity contribution in [2.75, 3.05) is 0 Å². The molecule has 3 heterocycles. The first kappa shape index (κ1) is 19.4. The Morgan fingerprint density at radius 2 is 1.27 bits per heavy atom. The van der Waals surface area contributed by atoms with Gasteiger partial charge in [-0.2, -0.15) is 18.2 Å². The minimum Gasteiger partial charge on any atom is -0.278 e. The molecule has 8 heteroatoms. The molecule has 3 aromatic heterocycles. The van der Waals surface area contributed by atoms with Gasteiger partial charge in [0, 0.05) is 16.3 Å². The van der Waals surface area contributed by atoms with E-state index in [0.29, 0.717) is 17.7 Å². The van der Waals surface area contributed by atoms with E-state index in [1.54, 1.807) is 24.3 Å². The number of fused-ring (bicyclic) bond motifs is 4. The van der Waals surface area contributed by atoms with Gasteiger partial charge in [-0.3, -0.25) is 4.57 Å². The summed E-state index contributed by atoms with van der Waals surface area (Å²) in [4.78, 5) is 17.1. The molecule has 0 amide bonds. The lowest BCUT2D eigenvalue weighted by molar-refractivity contribution is -0.141. The Bertz CT molecular complexity index is 1600. The van der Waals surface area contributed by atoms with Gasteiger partial charge in [0.1, 0.15) is 11.2 Å². The van der Waals surface area contributed by atoms with Crippen molar-refractivity contribution in [2.24, 2.45) is 0 Å². The van der Waals surface area contributed by atoms with E-state index in [-0.39, 0.29) is 16.9 Å². The van der Waals surface area contributed by atoms with Crippen LogP contribution in [0.2, 0.25) is 0 Å². The zero-order valence-electron chi connectivity index (χ0n) is 17.0. The third kappa shape index (κ3) is 3.10. The highest BCUT2D eigenvalue weighted by Crippen LogP contribution is 2.34. The second-order valence-corrected chi connectivity index (χ2v) is 7.53. The molecule has 0 aliphatic carbocycles. The first-order chi connectivity index (χ1) is 16.0. The van der Waals surface area contributed by atoms with E-state index in [1.807, 2.05) is 59.2 Å². The predicted octanol–water partition coefficient (Wildman–Crippen LogP) is 6.20. The van der Waals surface area contributed by atoms with Crippen LogP contribution in [0.25, 0.3) is 50.2 Å². The Kier molecular flexibility index (Phi) is 4.16. The highest BCUT2D eigenvalue weighted by atomic mass is 19.4. The molecule has 33 heavy (non-hydrogen) atoms. The molecular formula is C25H14F3N5. The lowest BCUT2D eigenvalue weighted by atomic mass is 10.1. The van der Waals surface area contributed by atoms with Crippen molar-refractivity contribution in [2.45, 2.75) is 6.18 Å². The fourth-order valence-electron chi connectivity index (χ4n) is 4.07. The van der Waals surface area contributed by atoms with Gasteiger partial charge in [0.2, 0.25) is 5.95 Å². The fraction of sp³-hybridized carbons (Fsp3) is 0.0400. The second kappa shape index (κ2) is 7.09. The Morgan fingerprint density at radius 3 is 1.91 bits per heavy atom. The fourth-order valence-corrected chi connectivity index (χ4v) is 4.07. The van der Waals surface area contributed by atoms with Gasteiger partial charge in [0.15, 0.2) is 11.3 Å². The third-order valence-corrected chi connectivity index (χ3v) is 5.51. The Hall–Kier alpha value is -4.33. The molecule has 0 atom stereocenters. The zero-order chi connectivity index (χ0) is 22.6. The molecule has 0 aliphatic rings. The molecule has 0 radical (unpaired) electrons. The minimum absolute atomic E-state index is 0.000502. The molecule has 0 N–H and O–H groups in total. The average Bonchev–Trinajstić information content (AvgIpc) is 3.17. The van der Waals surface area contributed by atoms with E-state index in [4.69, 9.17) is 4.98 Å². The van der Waals surface area contributed by atoms with Crippen LogP contribution >= 0.6 is 0 Å². The maximum absolute atomic E-state index is 13.4. The topological polar surface area (TPSA) is 56.5 Å². The van der Waals surface area contributed by atoms with Crippen LogP contribution in [-0.2, 0) is 6.18 Å². The van der Waals surface area contributed by atoms with E-state index in [1.165, 1.54) is 0 Å². The molecule has 0 spiro atoms. The summed E-state index contributed by atoms with van der Waals surface area (Å²) in [6, 6.07) is 24.7. The van der Waals surface area contributed by atoms with Gasteiger partial charge < -0.3 is 0 Å². The number of hydrogen-bond acceptors (Lipinski definition) is 4. The van der Waals surface area contributed by atoms with Gasteiger partial charge >= 0.3 is 6.18 Å². The number of rotatable bonds is 2.